The fourth-order valence-electron chi connectivity index (χ4n) is 2.54. The molecule has 1 saturated heterocycles. The molecule has 2 rings (SSSR count). The average Bonchev–Trinajstić information content (AvgIpc) is 2.80. The molecule has 0 bridgehead atoms. The Morgan fingerprint density at radius 1 is 1.48 bits per heavy atom. The summed E-state index contributed by atoms with van der Waals surface area (Å²) >= 11 is 6.10. The van der Waals surface area contributed by atoms with E-state index in [2.05, 4.69) is 0 Å². The van der Waals surface area contributed by atoms with Gasteiger partial charge < -0.3 is 4.74 Å². The van der Waals surface area contributed by atoms with E-state index in [9.17, 15) is 9.18 Å². The Kier molecular flexibility index (Phi) is 4.89. The molecule has 1 aromatic rings. The molecule has 5 heteroatoms. The highest BCUT2D eigenvalue weighted by atomic mass is 35.5. The second-order valence-electron chi connectivity index (χ2n) is 6.40. The van der Waals surface area contributed by atoms with Crippen LogP contribution in [0.15, 0.2) is 18.2 Å². The van der Waals surface area contributed by atoms with E-state index in [4.69, 9.17) is 16.3 Å². The summed E-state index contributed by atoms with van der Waals surface area (Å²) in [6, 6.07) is 4.03. The van der Waals surface area contributed by atoms with Crippen LogP contribution >= 0.6 is 11.6 Å². The number of hydrogen-bond donors (Lipinski definition) is 0. The number of ether oxygens (including phenoxy) is 1. The van der Waals surface area contributed by atoms with Gasteiger partial charge >= 0.3 is 5.97 Å². The summed E-state index contributed by atoms with van der Waals surface area (Å²) in [5, 5.41) is 0.520. The molecule has 0 radical (unpaired) electrons. The highest BCUT2D eigenvalue weighted by molar-refractivity contribution is 6.31. The first-order chi connectivity index (χ1) is 9.76. The molecule has 3 nitrogen and oxygen atoms in total. The molecule has 0 aliphatic carbocycles. The Bertz CT molecular complexity index is 527. The van der Waals surface area contributed by atoms with E-state index in [0.29, 0.717) is 17.1 Å². The number of esters is 1. The summed E-state index contributed by atoms with van der Waals surface area (Å²) in [6.07, 6.45) is 1.69. The van der Waals surface area contributed by atoms with Crippen molar-refractivity contribution >= 4 is 17.6 Å². The fourth-order valence-corrected chi connectivity index (χ4v) is 2.71. The molecule has 0 unspecified atom stereocenters. The van der Waals surface area contributed by atoms with Crippen LogP contribution in [0.3, 0.4) is 0 Å². The van der Waals surface area contributed by atoms with Crippen molar-refractivity contribution in [2.75, 3.05) is 6.54 Å². The Morgan fingerprint density at radius 2 is 2.19 bits per heavy atom. The standard InChI is InChI=1S/C16H21ClFNO2/c1-16(2,3)21-15(20)14-5-4-8-19(14)10-11-9-12(18)6-7-13(11)17/h6-7,9,14H,4-5,8,10H2,1-3H3/t14-/m0/s1. The predicted octanol–water partition coefficient (Wildman–Crippen LogP) is 3.79. The Labute approximate surface area is 130 Å². The molecule has 1 aliphatic heterocycles. The van der Waals surface area contributed by atoms with Crippen LogP contribution in [0, 0.1) is 5.82 Å². The maximum absolute atomic E-state index is 13.3. The van der Waals surface area contributed by atoms with Crippen molar-refractivity contribution in [1.82, 2.24) is 4.90 Å². The van der Waals surface area contributed by atoms with Crippen LogP contribution in [0.25, 0.3) is 0 Å². The first-order valence-corrected chi connectivity index (χ1v) is 7.55. The van der Waals surface area contributed by atoms with Crippen molar-refractivity contribution in [1.29, 1.82) is 0 Å². The molecule has 1 fully saturated rings. The van der Waals surface area contributed by atoms with Crippen LogP contribution in [0.5, 0.6) is 0 Å². The van der Waals surface area contributed by atoms with E-state index in [-0.39, 0.29) is 17.8 Å². The van der Waals surface area contributed by atoms with Crippen LogP contribution in [0.1, 0.15) is 39.2 Å². The van der Waals surface area contributed by atoms with Gasteiger partial charge in [-0.05, 0) is 63.9 Å². The van der Waals surface area contributed by atoms with Crippen molar-refractivity contribution in [2.45, 2.75) is 51.8 Å². The van der Waals surface area contributed by atoms with Gasteiger partial charge in [0.05, 0.1) is 0 Å². The molecule has 0 amide bonds. The normalized spacial score (nSPS) is 19.8. The summed E-state index contributed by atoms with van der Waals surface area (Å²) in [6.45, 7) is 6.81. The molecule has 0 aromatic heterocycles. The highest BCUT2D eigenvalue weighted by Gasteiger charge is 2.34. The van der Waals surface area contributed by atoms with Gasteiger partial charge in [-0.3, -0.25) is 9.69 Å². The number of hydrogen-bond acceptors (Lipinski definition) is 3. The number of carbonyl (C=O) groups excluding carboxylic acids is 1. The van der Waals surface area contributed by atoms with Gasteiger partial charge in [-0.15, -0.1) is 0 Å². The number of carbonyl (C=O) groups is 1. The third-order valence-corrected chi connectivity index (χ3v) is 3.79. The minimum atomic E-state index is -0.498. The SMILES string of the molecule is CC(C)(C)OC(=O)[C@@H]1CCCN1Cc1cc(F)ccc1Cl. The Hall–Kier alpha value is -1.13. The number of rotatable bonds is 3. The van der Waals surface area contributed by atoms with Crippen LogP contribution in [0.4, 0.5) is 4.39 Å². The zero-order valence-electron chi connectivity index (χ0n) is 12.7. The van der Waals surface area contributed by atoms with Gasteiger partial charge in [0.25, 0.3) is 0 Å². The predicted molar refractivity (Wildman–Crippen MR) is 80.7 cm³/mol. The maximum Gasteiger partial charge on any atom is 0.323 e. The highest BCUT2D eigenvalue weighted by Crippen LogP contribution is 2.26. The Morgan fingerprint density at radius 3 is 2.86 bits per heavy atom. The van der Waals surface area contributed by atoms with Gasteiger partial charge in [-0.1, -0.05) is 11.6 Å². The van der Waals surface area contributed by atoms with E-state index in [1.807, 2.05) is 25.7 Å². The number of nitrogens with zero attached hydrogens (tertiary/aromatic N) is 1. The van der Waals surface area contributed by atoms with E-state index in [0.717, 1.165) is 19.4 Å². The lowest BCUT2D eigenvalue weighted by molar-refractivity contribution is -0.160. The zero-order chi connectivity index (χ0) is 15.6. The van der Waals surface area contributed by atoms with E-state index in [1.54, 1.807) is 6.07 Å². The third kappa shape index (κ3) is 4.42. The molecule has 0 N–H and O–H groups in total. The third-order valence-electron chi connectivity index (χ3n) is 3.42. The quantitative estimate of drug-likeness (QED) is 0.795. The number of benzene rings is 1. The summed E-state index contributed by atoms with van der Waals surface area (Å²) in [5.74, 6) is -0.532. The van der Waals surface area contributed by atoms with Gasteiger partial charge in [0.2, 0.25) is 0 Å². The molecule has 1 atom stereocenters. The molecule has 116 valence electrons. The zero-order valence-corrected chi connectivity index (χ0v) is 13.4. The van der Waals surface area contributed by atoms with Crippen molar-refractivity contribution in [2.24, 2.45) is 0 Å². The molecular weight excluding hydrogens is 293 g/mol. The van der Waals surface area contributed by atoms with Crippen molar-refractivity contribution < 1.29 is 13.9 Å². The minimum Gasteiger partial charge on any atom is -0.459 e. The van der Waals surface area contributed by atoms with E-state index in [1.165, 1.54) is 12.1 Å². The molecule has 1 aliphatic rings. The number of likely N-dealkylation sites (tertiary alicyclic amines) is 1. The second-order valence-corrected chi connectivity index (χ2v) is 6.80. The lowest BCUT2D eigenvalue weighted by atomic mass is 10.1. The first-order valence-electron chi connectivity index (χ1n) is 7.17. The topological polar surface area (TPSA) is 29.5 Å². The van der Waals surface area contributed by atoms with Crippen LogP contribution < -0.4 is 0 Å². The van der Waals surface area contributed by atoms with Gasteiger partial charge in [0, 0.05) is 11.6 Å². The monoisotopic (exact) mass is 313 g/mol. The van der Waals surface area contributed by atoms with Gasteiger partial charge in [0.1, 0.15) is 17.5 Å². The second kappa shape index (κ2) is 6.32. The lowest BCUT2D eigenvalue weighted by Crippen LogP contribution is -2.40. The Balaban J connectivity index is 2.08. The van der Waals surface area contributed by atoms with Gasteiger partial charge in [-0.2, -0.15) is 0 Å². The molecule has 0 spiro atoms. The van der Waals surface area contributed by atoms with Crippen LogP contribution in [-0.4, -0.2) is 29.1 Å². The van der Waals surface area contributed by atoms with E-state index >= 15 is 0 Å². The first kappa shape index (κ1) is 16.2. The van der Waals surface area contributed by atoms with E-state index < -0.39 is 5.60 Å². The lowest BCUT2D eigenvalue weighted by Gasteiger charge is -2.27. The largest absolute Gasteiger partial charge is 0.459 e. The van der Waals surface area contributed by atoms with Crippen LogP contribution in [-0.2, 0) is 16.1 Å². The summed E-state index contributed by atoms with van der Waals surface area (Å²) < 4.78 is 18.8. The minimum absolute atomic E-state index is 0.215. The fraction of sp³-hybridized carbons (Fsp3) is 0.562. The molecule has 21 heavy (non-hydrogen) atoms. The maximum atomic E-state index is 13.3. The molecule has 1 heterocycles. The summed E-state index contributed by atoms with van der Waals surface area (Å²) in [4.78, 5) is 14.3. The van der Waals surface area contributed by atoms with Crippen molar-refractivity contribution in [3.05, 3.63) is 34.6 Å². The molecule has 1 aromatic carbocycles. The summed E-state index contributed by atoms with van der Waals surface area (Å²) in [7, 11) is 0. The molecular formula is C16H21ClFNO2. The summed E-state index contributed by atoms with van der Waals surface area (Å²) in [5.41, 5.74) is 0.203. The average molecular weight is 314 g/mol. The smallest absolute Gasteiger partial charge is 0.323 e. The number of halogens is 2. The molecule has 0 saturated carbocycles. The van der Waals surface area contributed by atoms with Crippen molar-refractivity contribution in [3.8, 4) is 0 Å². The van der Waals surface area contributed by atoms with Gasteiger partial charge in [-0.25, -0.2) is 4.39 Å². The van der Waals surface area contributed by atoms with Crippen LogP contribution in [0.2, 0.25) is 5.02 Å². The van der Waals surface area contributed by atoms with Gasteiger partial charge in [0.15, 0.2) is 0 Å². The van der Waals surface area contributed by atoms with Crippen molar-refractivity contribution in [3.63, 3.8) is 0 Å².